The first-order valence-corrected chi connectivity index (χ1v) is 9.76. The first-order valence-electron chi connectivity index (χ1n) is 8.32. The van der Waals surface area contributed by atoms with Gasteiger partial charge in [0.2, 0.25) is 15.9 Å². The van der Waals surface area contributed by atoms with Crippen molar-refractivity contribution in [2.75, 3.05) is 40.9 Å². The van der Waals surface area contributed by atoms with Crippen molar-refractivity contribution < 1.29 is 17.9 Å². The molecule has 1 fully saturated rings. The van der Waals surface area contributed by atoms with Crippen molar-refractivity contribution >= 4 is 15.9 Å². The molecule has 140 valence electrons. The fraction of sp³-hybridized carbons (Fsp3) is 0.588. The second-order valence-corrected chi connectivity index (χ2v) is 8.66. The van der Waals surface area contributed by atoms with Crippen LogP contribution in [0, 0.1) is 5.41 Å². The molecule has 25 heavy (non-hydrogen) atoms. The van der Waals surface area contributed by atoms with Gasteiger partial charge in [0, 0.05) is 27.7 Å². The minimum atomic E-state index is -3.56. The SMILES string of the molecule is COCC1(C(=O)NCc2ccccc2S(=O)(=O)N(C)C)CCNCC1. The highest BCUT2D eigenvalue weighted by atomic mass is 32.2. The van der Waals surface area contributed by atoms with Crippen molar-refractivity contribution in [2.24, 2.45) is 5.41 Å². The Labute approximate surface area is 149 Å². The lowest BCUT2D eigenvalue weighted by molar-refractivity contribution is -0.136. The topological polar surface area (TPSA) is 87.7 Å². The molecule has 0 spiro atoms. The van der Waals surface area contributed by atoms with Gasteiger partial charge in [0.15, 0.2) is 0 Å². The number of ether oxygens (including phenoxy) is 1. The largest absolute Gasteiger partial charge is 0.384 e. The van der Waals surface area contributed by atoms with Crippen LogP contribution >= 0.6 is 0 Å². The zero-order valence-corrected chi connectivity index (χ0v) is 15.9. The molecule has 1 aliphatic heterocycles. The molecule has 0 saturated carbocycles. The van der Waals surface area contributed by atoms with Gasteiger partial charge in [-0.2, -0.15) is 0 Å². The summed E-state index contributed by atoms with van der Waals surface area (Å²) in [6, 6.07) is 6.74. The Bertz CT molecular complexity index is 692. The highest BCUT2D eigenvalue weighted by molar-refractivity contribution is 7.89. The fourth-order valence-corrected chi connectivity index (χ4v) is 4.20. The molecule has 0 aliphatic carbocycles. The number of amides is 1. The number of rotatable bonds is 7. The minimum Gasteiger partial charge on any atom is -0.384 e. The molecule has 1 heterocycles. The molecule has 1 aromatic rings. The molecular weight excluding hydrogens is 342 g/mol. The van der Waals surface area contributed by atoms with Crippen LogP contribution in [0.15, 0.2) is 29.2 Å². The first-order chi connectivity index (χ1) is 11.8. The van der Waals surface area contributed by atoms with E-state index in [0.29, 0.717) is 25.0 Å². The summed E-state index contributed by atoms with van der Waals surface area (Å²) in [7, 11) is 1.02. The Morgan fingerprint density at radius 1 is 1.28 bits per heavy atom. The van der Waals surface area contributed by atoms with E-state index < -0.39 is 15.4 Å². The molecule has 1 aromatic carbocycles. The zero-order valence-electron chi connectivity index (χ0n) is 15.0. The predicted molar refractivity (Wildman–Crippen MR) is 95.6 cm³/mol. The van der Waals surface area contributed by atoms with Gasteiger partial charge in [-0.1, -0.05) is 18.2 Å². The number of benzene rings is 1. The summed E-state index contributed by atoms with van der Waals surface area (Å²) in [5, 5.41) is 6.16. The van der Waals surface area contributed by atoms with Gasteiger partial charge in [0.05, 0.1) is 16.9 Å². The Kier molecular flexibility index (Phi) is 6.56. The fourth-order valence-electron chi connectivity index (χ4n) is 3.08. The Balaban J connectivity index is 2.17. The number of hydrogen-bond donors (Lipinski definition) is 2. The molecular formula is C17H27N3O4S. The second-order valence-electron chi connectivity index (χ2n) is 6.54. The number of hydrogen-bond acceptors (Lipinski definition) is 5. The van der Waals surface area contributed by atoms with E-state index in [-0.39, 0.29) is 17.3 Å². The number of nitrogens with zero attached hydrogens (tertiary/aromatic N) is 1. The molecule has 0 bridgehead atoms. The van der Waals surface area contributed by atoms with E-state index in [1.54, 1.807) is 31.4 Å². The Hall–Kier alpha value is -1.48. The standard InChI is InChI=1S/C17H27N3O4S/c1-20(2)25(22,23)15-7-5-4-6-14(15)12-19-16(21)17(13-24-3)8-10-18-11-9-17/h4-7,18H,8-13H2,1-3H3,(H,19,21). The summed E-state index contributed by atoms with van der Waals surface area (Å²) in [6.07, 6.45) is 1.40. The van der Waals surface area contributed by atoms with Gasteiger partial charge in [0.1, 0.15) is 0 Å². The Morgan fingerprint density at radius 2 is 1.92 bits per heavy atom. The highest BCUT2D eigenvalue weighted by Crippen LogP contribution is 2.29. The average molecular weight is 369 g/mol. The van der Waals surface area contributed by atoms with Gasteiger partial charge in [0.25, 0.3) is 0 Å². The molecule has 0 aromatic heterocycles. The van der Waals surface area contributed by atoms with Crippen LogP contribution in [0.2, 0.25) is 0 Å². The molecule has 0 atom stereocenters. The van der Waals surface area contributed by atoms with Crippen molar-refractivity contribution in [3.63, 3.8) is 0 Å². The van der Waals surface area contributed by atoms with Crippen molar-refractivity contribution in [1.29, 1.82) is 0 Å². The number of nitrogens with one attached hydrogen (secondary N) is 2. The van der Waals surface area contributed by atoms with E-state index in [1.807, 2.05) is 0 Å². The molecule has 8 heteroatoms. The normalized spacial score (nSPS) is 17.4. The van der Waals surface area contributed by atoms with Crippen LogP contribution in [0.1, 0.15) is 18.4 Å². The van der Waals surface area contributed by atoms with Gasteiger partial charge >= 0.3 is 0 Å². The van der Waals surface area contributed by atoms with Gasteiger partial charge < -0.3 is 15.4 Å². The predicted octanol–water partition coefficient (Wildman–Crippen LogP) is 0.569. The average Bonchev–Trinajstić information content (AvgIpc) is 2.60. The van der Waals surface area contributed by atoms with Gasteiger partial charge in [-0.3, -0.25) is 4.79 Å². The van der Waals surface area contributed by atoms with Crippen LogP contribution in [0.3, 0.4) is 0 Å². The maximum Gasteiger partial charge on any atom is 0.242 e. The van der Waals surface area contributed by atoms with Crippen molar-refractivity contribution in [3.8, 4) is 0 Å². The van der Waals surface area contributed by atoms with Crippen LogP contribution < -0.4 is 10.6 Å². The second kappa shape index (κ2) is 8.27. The number of piperidine rings is 1. The van der Waals surface area contributed by atoms with E-state index >= 15 is 0 Å². The molecule has 0 unspecified atom stereocenters. The summed E-state index contributed by atoms with van der Waals surface area (Å²) < 4.78 is 31.3. The van der Waals surface area contributed by atoms with E-state index in [4.69, 9.17) is 4.74 Å². The molecule has 1 saturated heterocycles. The van der Waals surface area contributed by atoms with Crippen LogP contribution in [-0.4, -0.2) is 59.5 Å². The van der Waals surface area contributed by atoms with Crippen LogP contribution in [0.5, 0.6) is 0 Å². The summed E-state index contributed by atoms with van der Waals surface area (Å²) in [4.78, 5) is 13.0. The molecule has 2 rings (SSSR count). The lowest BCUT2D eigenvalue weighted by Crippen LogP contribution is -2.50. The van der Waals surface area contributed by atoms with E-state index in [0.717, 1.165) is 13.1 Å². The zero-order chi connectivity index (χ0) is 18.5. The third-order valence-electron chi connectivity index (χ3n) is 4.63. The lowest BCUT2D eigenvalue weighted by atomic mass is 9.78. The molecule has 1 amide bonds. The molecule has 2 N–H and O–H groups in total. The monoisotopic (exact) mass is 369 g/mol. The first kappa shape index (κ1) is 19.8. The van der Waals surface area contributed by atoms with E-state index in [2.05, 4.69) is 10.6 Å². The van der Waals surface area contributed by atoms with Crippen LogP contribution in [-0.2, 0) is 26.1 Å². The number of carbonyl (C=O) groups excluding carboxylic acids is 1. The third kappa shape index (κ3) is 4.38. The maximum absolute atomic E-state index is 12.8. The number of methoxy groups -OCH3 is 1. The minimum absolute atomic E-state index is 0.0899. The van der Waals surface area contributed by atoms with Crippen LogP contribution in [0.4, 0.5) is 0 Å². The maximum atomic E-state index is 12.8. The molecule has 0 radical (unpaired) electrons. The summed E-state index contributed by atoms with van der Waals surface area (Å²) in [6.45, 7) is 2.06. The molecule has 7 nitrogen and oxygen atoms in total. The van der Waals surface area contributed by atoms with Gasteiger partial charge in [-0.25, -0.2) is 12.7 Å². The molecule has 1 aliphatic rings. The van der Waals surface area contributed by atoms with Crippen molar-refractivity contribution in [2.45, 2.75) is 24.3 Å². The summed E-state index contributed by atoms with van der Waals surface area (Å²) in [5.74, 6) is -0.0899. The van der Waals surface area contributed by atoms with E-state index in [9.17, 15) is 13.2 Å². The van der Waals surface area contributed by atoms with Gasteiger partial charge in [-0.05, 0) is 37.6 Å². The number of sulfonamides is 1. The van der Waals surface area contributed by atoms with Crippen molar-refractivity contribution in [3.05, 3.63) is 29.8 Å². The third-order valence-corrected chi connectivity index (χ3v) is 6.55. The van der Waals surface area contributed by atoms with E-state index in [1.165, 1.54) is 18.4 Å². The number of carbonyl (C=O) groups is 1. The van der Waals surface area contributed by atoms with Crippen LogP contribution in [0.25, 0.3) is 0 Å². The quantitative estimate of drug-likeness (QED) is 0.734. The smallest absolute Gasteiger partial charge is 0.242 e. The van der Waals surface area contributed by atoms with Crippen molar-refractivity contribution in [1.82, 2.24) is 14.9 Å². The summed E-state index contributed by atoms with van der Waals surface area (Å²) >= 11 is 0. The summed E-state index contributed by atoms with van der Waals surface area (Å²) in [5.41, 5.74) is 0.0149. The highest BCUT2D eigenvalue weighted by Gasteiger charge is 2.39. The Morgan fingerprint density at radius 3 is 2.52 bits per heavy atom. The van der Waals surface area contributed by atoms with Gasteiger partial charge in [-0.15, -0.1) is 0 Å². The lowest BCUT2D eigenvalue weighted by Gasteiger charge is -2.35.